The Morgan fingerprint density at radius 2 is 2.05 bits per heavy atom. The fraction of sp³-hybridized carbons (Fsp3) is 0.353. The minimum atomic E-state index is 0.488. The number of benzene rings is 1. The molecule has 1 aromatic carbocycles. The number of rotatable bonds is 1. The molecule has 0 radical (unpaired) electrons. The van der Waals surface area contributed by atoms with Gasteiger partial charge in [-0.2, -0.15) is 0 Å². The van der Waals surface area contributed by atoms with E-state index in [1.54, 1.807) is 11.3 Å². The number of aliphatic imine (C=N–C) groups is 1. The highest BCUT2D eigenvalue weighted by molar-refractivity contribution is 7.12. The minimum absolute atomic E-state index is 0.488. The van der Waals surface area contributed by atoms with Gasteiger partial charge in [-0.25, -0.2) is 0 Å². The van der Waals surface area contributed by atoms with Gasteiger partial charge in [0.25, 0.3) is 0 Å². The van der Waals surface area contributed by atoms with Crippen LogP contribution in [0.2, 0.25) is 0 Å². The highest BCUT2D eigenvalue weighted by atomic mass is 32.1. The molecule has 0 amide bonds. The van der Waals surface area contributed by atoms with Gasteiger partial charge in [-0.1, -0.05) is 24.3 Å². The van der Waals surface area contributed by atoms with Crippen molar-refractivity contribution in [2.75, 3.05) is 38.1 Å². The maximum atomic E-state index is 4.98. The Morgan fingerprint density at radius 3 is 2.90 bits per heavy atom. The number of nitrogens with zero attached hydrogens (tertiary/aromatic N) is 3. The third-order valence-electron chi connectivity index (χ3n) is 4.37. The Bertz CT molecular complexity index is 662. The number of thiophene rings is 1. The number of para-hydroxylation sites is 1. The van der Waals surface area contributed by atoms with Crippen LogP contribution >= 0.6 is 11.3 Å². The van der Waals surface area contributed by atoms with Gasteiger partial charge < -0.3 is 9.80 Å². The molecule has 3 nitrogen and oxygen atoms in total. The smallest absolute Gasteiger partial charge is 0.0840 e. The van der Waals surface area contributed by atoms with Crippen LogP contribution in [-0.4, -0.2) is 49.9 Å². The Balaban J connectivity index is 1.83. The Labute approximate surface area is 129 Å². The molecule has 0 spiro atoms. The molecular formula is C17H19N3S. The molecular weight excluding hydrogens is 278 g/mol. The maximum Gasteiger partial charge on any atom is 0.0840 e. The molecule has 1 saturated heterocycles. The lowest BCUT2D eigenvalue weighted by molar-refractivity contribution is 0.270. The van der Waals surface area contributed by atoms with Crippen LogP contribution in [0.5, 0.6) is 0 Å². The lowest BCUT2D eigenvalue weighted by Gasteiger charge is -2.40. The molecule has 0 N–H and O–H groups in total. The topological polar surface area (TPSA) is 18.8 Å². The lowest BCUT2D eigenvalue weighted by Crippen LogP contribution is -2.53. The number of hydrogen-bond donors (Lipinski definition) is 0. The first kappa shape index (κ1) is 13.0. The zero-order valence-electron chi connectivity index (χ0n) is 12.2. The summed E-state index contributed by atoms with van der Waals surface area (Å²) >= 11 is 1.78. The molecule has 1 atom stereocenters. The highest BCUT2D eigenvalue weighted by Gasteiger charge is 2.30. The Morgan fingerprint density at radius 1 is 1.14 bits per heavy atom. The SMILES string of the molecule is CN1CCN2c3ccccc3C(c3cccs3)=NCC2C1. The molecule has 1 aromatic heterocycles. The van der Waals surface area contributed by atoms with Gasteiger partial charge in [0, 0.05) is 30.9 Å². The second-order valence-corrected chi connectivity index (χ2v) is 6.74. The second-order valence-electron chi connectivity index (χ2n) is 5.79. The van der Waals surface area contributed by atoms with Gasteiger partial charge in [0.05, 0.1) is 23.2 Å². The fourth-order valence-corrected chi connectivity index (χ4v) is 4.06. The van der Waals surface area contributed by atoms with E-state index < -0.39 is 0 Å². The summed E-state index contributed by atoms with van der Waals surface area (Å²) in [5, 5.41) is 2.13. The van der Waals surface area contributed by atoms with E-state index in [0.717, 1.165) is 31.9 Å². The van der Waals surface area contributed by atoms with Crippen molar-refractivity contribution in [1.29, 1.82) is 0 Å². The predicted octanol–water partition coefficient (Wildman–Crippen LogP) is 2.72. The van der Waals surface area contributed by atoms with Crippen molar-refractivity contribution in [2.45, 2.75) is 6.04 Å². The van der Waals surface area contributed by atoms with Gasteiger partial charge in [-0.05, 0) is 24.6 Å². The average Bonchev–Trinajstić information content (AvgIpc) is 2.97. The average molecular weight is 297 g/mol. The largest absolute Gasteiger partial charge is 0.364 e. The van der Waals surface area contributed by atoms with Crippen LogP contribution in [0.3, 0.4) is 0 Å². The van der Waals surface area contributed by atoms with Crippen molar-refractivity contribution in [1.82, 2.24) is 4.90 Å². The number of anilines is 1. The second kappa shape index (κ2) is 5.28. The standard InChI is InChI=1S/C17H19N3S/c1-19-8-9-20-13(12-19)11-18-17(16-7-4-10-21-16)14-5-2-3-6-15(14)20/h2-7,10,13H,8-9,11-12H2,1H3. The minimum Gasteiger partial charge on any atom is -0.364 e. The quantitative estimate of drug-likeness (QED) is 0.806. The third-order valence-corrected chi connectivity index (χ3v) is 5.25. The fourth-order valence-electron chi connectivity index (χ4n) is 3.31. The molecule has 0 bridgehead atoms. The van der Waals surface area contributed by atoms with E-state index >= 15 is 0 Å². The number of fused-ring (bicyclic) bond motifs is 3. The van der Waals surface area contributed by atoms with Gasteiger partial charge in [0.2, 0.25) is 0 Å². The molecule has 0 saturated carbocycles. The molecule has 21 heavy (non-hydrogen) atoms. The highest BCUT2D eigenvalue weighted by Crippen LogP contribution is 2.31. The van der Waals surface area contributed by atoms with Crippen LogP contribution < -0.4 is 4.90 Å². The first-order chi connectivity index (χ1) is 10.3. The van der Waals surface area contributed by atoms with E-state index in [4.69, 9.17) is 4.99 Å². The monoisotopic (exact) mass is 297 g/mol. The van der Waals surface area contributed by atoms with Crippen molar-refractivity contribution in [3.8, 4) is 0 Å². The summed E-state index contributed by atoms with van der Waals surface area (Å²) in [6.45, 7) is 4.19. The van der Waals surface area contributed by atoms with Gasteiger partial charge >= 0.3 is 0 Å². The van der Waals surface area contributed by atoms with Crippen LogP contribution in [-0.2, 0) is 0 Å². The van der Waals surface area contributed by atoms with E-state index in [-0.39, 0.29) is 0 Å². The van der Waals surface area contributed by atoms with Crippen molar-refractivity contribution in [3.63, 3.8) is 0 Å². The summed E-state index contributed by atoms with van der Waals surface area (Å²) in [6, 6.07) is 13.5. The molecule has 2 aromatic rings. The van der Waals surface area contributed by atoms with Crippen molar-refractivity contribution in [3.05, 3.63) is 52.2 Å². The van der Waals surface area contributed by atoms with Crippen LogP contribution in [0, 0.1) is 0 Å². The van der Waals surface area contributed by atoms with E-state index in [0.29, 0.717) is 6.04 Å². The Hall–Kier alpha value is -1.65. The van der Waals surface area contributed by atoms with Crippen LogP contribution in [0.1, 0.15) is 10.4 Å². The first-order valence-electron chi connectivity index (χ1n) is 7.46. The van der Waals surface area contributed by atoms with Crippen molar-refractivity contribution >= 4 is 22.7 Å². The Kier molecular flexibility index (Phi) is 3.28. The normalized spacial score (nSPS) is 22.2. The summed E-state index contributed by atoms with van der Waals surface area (Å²) in [7, 11) is 2.21. The summed E-state index contributed by atoms with van der Waals surface area (Å²) in [4.78, 5) is 11.2. The summed E-state index contributed by atoms with van der Waals surface area (Å²) in [5.74, 6) is 0. The first-order valence-corrected chi connectivity index (χ1v) is 8.34. The van der Waals surface area contributed by atoms with Crippen LogP contribution in [0.4, 0.5) is 5.69 Å². The molecule has 1 fully saturated rings. The summed E-state index contributed by atoms with van der Waals surface area (Å²) in [5.41, 5.74) is 3.80. The molecule has 4 rings (SSSR count). The molecule has 0 aliphatic carbocycles. The van der Waals surface area contributed by atoms with Gasteiger partial charge in [0.1, 0.15) is 0 Å². The molecule has 108 valence electrons. The van der Waals surface area contributed by atoms with Gasteiger partial charge in [0.15, 0.2) is 0 Å². The molecule has 2 aliphatic heterocycles. The van der Waals surface area contributed by atoms with E-state index in [1.807, 2.05) is 0 Å². The lowest BCUT2D eigenvalue weighted by atomic mass is 10.0. The van der Waals surface area contributed by atoms with Crippen LogP contribution in [0.15, 0.2) is 46.8 Å². The van der Waals surface area contributed by atoms with Gasteiger partial charge in [-0.3, -0.25) is 4.99 Å². The zero-order valence-corrected chi connectivity index (χ0v) is 13.0. The van der Waals surface area contributed by atoms with Crippen LogP contribution in [0.25, 0.3) is 0 Å². The molecule has 4 heteroatoms. The molecule has 2 aliphatic rings. The van der Waals surface area contributed by atoms with Gasteiger partial charge in [-0.15, -0.1) is 11.3 Å². The molecule has 3 heterocycles. The number of hydrogen-bond acceptors (Lipinski definition) is 4. The summed E-state index contributed by atoms with van der Waals surface area (Å²) < 4.78 is 0. The van der Waals surface area contributed by atoms with Crippen molar-refractivity contribution in [2.24, 2.45) is 4.99 Å². The number of likely N-dealkylation sites (N-methyl/N-ethyl adjacent to an activating group) is 1. The third kappa shape index (κ3) is 2.28. The zero-order chi connectivity index (χ0) is 14.2. The maximum absolute atomic E-state index is 4.98. The van der Waals surface area contributed by atoms with E-state index in [1.165, 1.54) is 16.1 Å². The van der Waals surface area contributed by atoms with E-state index in [9.17, 15) is 0 Å². The number of piperazine rings is 1. The van der Waals surface area contributed by atoms with E-state index in [2.05, 4.69) is 58.6 Å². The summed E-state index contributed by atoms with van der Waals surface area (Å²) in [6.07, 6.45) is 0. The van der Waals surface area contributed by atoms with Crippen molar-refractivity contribution < 1.29 is 0 Å². The molecule has 1 unspecified atom stereocenters. The predicted molar refractivity (Wildman–Crippen MR) is 89.9 cm³/mol.